The van der Waals surface area contributed by atoms with Crippen LogP contribution in [0.4, 0.5) is 0 Å². The summed E-state index contributed by atoms with van der Waals surface area (Å²) in [5.74, 6) is 0.859. The van der Waals surface area contributed by atoms with Gasteiger partial charge in [0.1, 0.15) is 5.75 Å². The molecule has 0 unspecified atom stereocenters. The first kappa shape index (κ1) is 12.4. The van der Waals surface area contributed by atoms with Crippen LogP contribution in [0.25, 0.3) is 0 Å². The van der Waals surface area contributed by atoms with E-state index in [9.17, 15) is 5.11 Å². The Morgan fingerprint density at radius 1 is 1.24 bits per heavy atom. The summed E-state index contributed by atoms with van der Waals surface area (Å²) in [6.45, 7) is 3.83. The van der Waals surface area contributed by atoms with Gasteiger partial charge < -0.3 is 9.84 Å². The van der Waals surface area contributed by atoms with Crippen LogP contribution in [0, 0.1) is 6.92 Å². The Morgan fingerprint density at radius 3 is 2.59 bits per heavy atom. The molecule has 0 heterocycles. The van der Waals surface area contributed by atoms with Crippen LogP contribution in [-0.4, -0.2) is 11.2 Å². The molecule has 2 heteroatoms. The van der Waals surface area contributed by atoms with Gasteiger partial charge in [-0.2, -0.15) is 0 Å². The number of hydrogen-bond donors (Lipinski definition) is 1. The summed E-state index contributed by atoms with van der Waals surface area (Å²) in [5.41, 5.74) is 2.08. The fourth-order valence-corrected chi connectivity index (χ4v) is 2.46. The molecule has 1 aliphatic rings. The second-order valence-corrected chi connectivity index (χ2v) is 5.10. The molecule has 0 amide bonds. The van der Waals surface area contributed by atoms with E-state index in [2.05, 4.69) is 0 Å². The SMILES string of the molecule is Cc1ccc(OC2CCCCC2)c([C@@H](C)O)c1. The minimum atomic E-state index is -0.464. The predicted molar refractivity (Wildman–Crippen MR) is 69.3 cm³/mol. The normalized spacial score (nSPS) is 19.0. The predicted octanol–water partition coefficient (Wildman–Crippen LogP) is 3.76. The van der Waals surface area contributed by atoms with Gasteiger partial charge in [-0.1, -0.05) is 18.1 Å². The lowest BCUT2D eigenvalue weighted by Gasteiger charge is -2.25. The third kappa shape index (κ3) is 3.22. The Morgan fingerprint density at radius 2 is 1.94 bits per heavy atom. The molecule has 0 spiro atoms. The van der Waals surface area contributed by atoms with Crippen molar-refractivity contribution < 1.29 is 9.84 Å². The summed E-state index contributed by atoms with van der Waals surface area (Å²) in [7, 11) is 0. The molecule has 0 bridgehead atoms. The molecule has 1 fully saturated rings. The summed E-state index contributed by atoms with van der Waals surface area (Å²) in [6, 6.07) is 6.05. The number of aliphatic hydroxyl groups excluding tert-OH is 1. The Hall–Kier alpha value is -1.02. The minimum Gasteiger partial charge on any atom is -0.490 e. The smallest absolute Gasteiger partial charge is 0.125 e. The molecule has 1 aromatic carbocycles. The lowest BCUT2D eigenvalue weighted by molar-refractivity contribution is 0.142. The minimum absolute atomic E-state index is 0.337. The lowest BCUT2D eigenvalue weighted by atomic mass is 9.97. The number of aliphatic hydroxyl groups is 1. The summed E-state index contributed by atoms with van der Waals surface area (Å²) in [6.07, 6.45) is 6.02. The number of hydrogen-bond acceptors (Lipinski definition) is 2. The molecule has 1 aromatic rings. The lowest BCUT2D eigenvalue weighted by Crippen LogP contribution is -2.20. The van der Waals surface area contributed by atoms with Crippen LogP contribution >= 0.6 is 0 Å². The summed E-state index contributed by atoms with van der Waals surface area (Å²) in [4.78, 5) is 0. The second-order valence-electron chi connectivity index (χ2n) is 5.10. The van der Waals surface area contributed by atoms with Gasteiger partial charge in [-0.3, -0.25) is 0 Å². The number of ether oxygens (including phenoxy) is 1. The molecule has 94 valence electrons. The highest BCUT2D eigenvalue weighted by Crippen LogP contribution is 2.30. The van der Waals surface area contributed by atoms with Crippen LogP contribution in [0.1, 0.15) is 56.3 Å². The Balaban J connectivity index is 2.13. The van der Waals surface area contributed by atoms with Gasteiger partial charge in [-0.15, -0.1) is 0 Å². The summed E-state index contributed by atoms with van der Waals surface area (Å²) in [5, 5.41) is 9.78. The van der Waals surface area contributed by atoms with Crippen LogP contribution in [0.3, 0.4) is 0 Å². The number of rotatable bonds is 3. The first-order chi connectivity index (χ1) is 8.16. The maximum absolute atomic E-state index is 9.78. The average Bonchev–Trinajstić information content (AvgIpc) is 2.32. The van der Waals surface area contributed by atoms with Crippen molar-refractivity contribution in [3.63, 3.8) is 0 Å². The molecular weight excluding hydrogens is 212 g/mol. The first-order valence-electron chi connectivity index (χ1n) is 6.62. The third-order valence-electron chi connectivity index (χ3n) is 3.46. The molecule has 0 saturated heterocycles. The topological polar surface area (TPSA) is 29.5 Å². The largest absolute Gasteiger partial charge is 0.490 e. The molecule has 2 rings (SSSR count). The Labute approximate surface area is 104 Å². The molecule has 1 atom stereocenters. The molecule has 1 N–H and O–H groups in total. The van der Waals surface area contributed by atoms with E-state index in [0.717, 1.165) is 29.7 Å². The molecule has 1 saturated carbocycles. The molecular formula is C15H22O2. The Bertz CT molecular complexity index is 365. The van der Waals surface area contributed by atoms with Crippen molar-refractivity contribution in [1.82, 2.24) is 0 Å². The van der Waals surface area contributed by atoms with E-state index in [-0.39, 0.29) is 0 Å². The van der Waals surface area contributed by atoms with Gasteiger partial charge in [-0.05, 0) is 51.7 Å². The van der Waals surface area contributed by atoms with Gasteiger partial charge in [0.2, 0.25) is 0 Å². The van der Waals surface area contributed by atoms with Crippen LogP contribution in [0.5, 0.6) is 5.75 Å². The zero-order chi connectivity index (χ0) is 12.3. The molecule has 0 aromatic heterocycles. The maximum atomic E-state index is 9.78. The van der Waals surface area contributed by atoms with Crippen molar-refractivity contribution >= 4 is 0 Å². The van der Waals surface area contributed by atoms with E-state index in [0.29, 0.717) is 6.10 Å². The first-order valence-corrected chi connectivity index (χ1v) is 6.62. The zero-order valence-electron chi connectivity index (χ0n) is 10.8. The molecule has 0 radical (unpaired) electrons. The van der Waals surface area contributed by atoms with Crippen molar-refractivity contribution in [2.45, 2.75) is 58.2 Å². The second kappa shape index (κ2) is 5.54. The highest BCUT2D eigenvalue weighted by atomic mass is 16.5. The van der Waals surface area contributed by atoms with Crippen LogP contribution < -0.4 is 4.74 Å². The fourth-order valence-electron chi connectivity index (χ4n) is 2.46. The van der Waals surface area contributed by atoms with Gasteiger partial charge in [0.15, 0.2) is 0 Å². The summed E-state index contributed by atoms with van der Waals surface area (Å²) < 4.78 is 6.04. The van der Waals surface area contributed by atoms with Gasteiger partial charge in [-0.25, -0.2) is 0 Å². The van der Waals surface area contributed by atoms with Crippen molar-refractivity contribution in [2.75, 3.05) is 0 Å². The Kier molecular flexibility index (Phi) is 4.06. The van der Waals surface area contributed by atoms with E-state index in [1.165, 1.54) is 19.3 Å². The maximum Gasteiger partial charge on any atom is 0.125 e. The van der Waals surface area contributed by atoms with Crippen molar-refractivity contribution in [3.05, 3.63) is 29.3 Å². The van der Waals surface area contributed by atoms with Crippen LogP contribution in [-0.2, 0) is 0 Å². The monoisotopic (exact) mass is 234 g/mol. The van der Waals surface area contributed by atoms with Crippen molar-refractivity contribution in [3.8, 4) is 5.75 Å². The molecule has 17 heavy (non-hydrogen) atoms. The van der Waals surface area contributed by atoms with Gasteiger partial charge in [0.05, 0.1) is 12.2 Å². The summed E-state index contributed by atoms with van der Waals surface area (Å²) >= 11 is 0. The van der Waals surface area contributed by atoms with E-state index in [4.69, 9.17) is 4.74 Å². The van der Waals surface area contributed by atoms with Crippen LogP contribution in [0.2, 0.25) is 0 Å². The van der Waals surface area contributed by atoms with E-state index in [1.54, 1.807) is 6.92 Å². The quantitative estimate of drug-likeness (QED) is 0.863. The van der Waals surface area contributed by atoms with Gasteiger partial charge in [0, 0.05) is 5.56 Å². The zero-order valence-corrected chi connectivity index (χ0v) is 10.8. The van der Waals surface area contributed by atoms with Crippen molar-refractivity contribution in [1.29, 1.82) is 0 Å². The van der Waals surface area contributed by atoms with E-state index < -0.39 is 6.10 Å². The number of benzene rings is 1. The van der Waals surface area contributed by atoms with Gasteiger partial charge >= 0.3 is 0 Å². The van der Waals surface area contributed by atoms with Crippen molar-refractivity contribution in [2.24, 2.45) is 0 Å². The molecule has 1 aliphatic carbocycles. The standard InChI is InChI=1S/C15H22O2/c1-11-8-9-15(14(10-11)12(2)16)17-13-6-4-3-5-7-13/h8-10,12-13,16H,3-7H2,1-2H3/t12-/m1/s1. The van der Waals surface area contributed by atoms with Gasteiger partial charge in [0.25, 0.3) is 0 Å². The fraction of sp³-hybridized carbons (Fsp3) is 0.600. The molecule has 2 nitrogen and oxygen atoms in total. The molecule has 0 aliphatic heterocycles. The van der Waals surface area contributed by atoms with E-state index >= 15 is 0 Å². The van der Waals surface area contributed by atoms with E-state index in [1.807, 2.05) is 25.1 Å². The number of aryl methyl sites for hydroxylation is 1. The third-order valence-corrected chi connectivity index (χ3v) is 3.46. The van der Waals surface area contributed by atoms with Crippen LogP contribution in [0.15, 0.2) is 18.2 Å². The highest BCUT2D eigenvalue weighted by Gasteiger charge is 2.17. The average molecular weight is 234 g/mol. The highest BCUT2D eigenvalue weighted by molar-refractivity contribution is 5.38.